The van der Waals surface area contributed by atoms with Crippen molar-refractivity contribution < 1.29 is 4.74 Å². The maximum absolute atomic E-state index is 6.46. The van der Waals surface area contributed by atoms with Gasteiger partial charge in [0.25, 0.3) is 0 Å². The molecule has 4 aromatic rings. The average Bonchev–Trinajstić information content (AvgIpc) is 3.20. The van der Waals surface area contributed by atoms with E-state index in [1.165, 1.54) is 11.1 Å². The smallest absolute Gasteiger partial charge is 0.0973 e. The van der Waals surface area contributed by atoms with Gasteiger partial charge in [-0.1, -0.05) is 60.7 Å². The molecule has 0 spiro atoms. The molecule has 2 aliphatic heterocycles. The average molecular weight is 378 g/mol. The van der Waals surface area contributed by atoms with Crippen molar-refractivity contribution in [2.75, 3.05) is 0 Å². The molecule has 2 aliphatic rings. The number of rotatable bonds is 2. The van der Waals surface area contributed by atoms with Crippen LogP contribution in [-0.4, -0.2) is 9.97 Å². The monoisotopic (exact) mass is 378 g/mol. The highest BCUT2D eigenvalue weighted by Crippen LogP contribution is 2.58. The Balaban J connectivity index is 1.65. The zero-order chi connectivity index (χ0) is 19.6. The molecule has 0 unspecified atom stereocenters. The Morgan fingerprint density at radius 3 is 1.48 bits per heavy atom. The molecule has 6 rings (SSSR count). The van der Waals surface area contributed by atoms with Crippen LogP contribution in [0.15, 0.2) is 72.8 Å². The summed E-state index contributed by atoms with van der Waals surface area (Å²) in [7, 11) is 0. The molecule has 142 valence electrons. The van der Waals surface area contributed by atoms with Gasteiger partial charge in [-0.25, -0.2) is 9.97 Å². The zero-order valence-electron chi connectivity index (χ0n) is 16.6. The standard InChI is InChI=1S/C26H22N2O/c1-25-13-14-26(2,29-25)20-16-22-21(15-19(20)25)27-23(17-9-5-3-6-10-17)24(28-22)18-11-7-4-8-12-18/h3-12,15-16H,13-14H2,1-2H3/t25-,26+. The summed E-state index contributed by atoms with van der Waals surface area (Å²) in [5.74, 6) is 0. The Morgan fingerprint density at radius 1 is 0.655 bits per heavy atom. The number of fused-ring (bicyclic) bond motifs is 6. The highest BCUT2D eigenvalue weighted by Gasteiger charge is 2.54. The number of hydrogen-bond donors (Lipinski definition) is 0. The summed E-state index contributed by atoms with van der Waals surface area (Å²) in [5, 5.41) is 0. The van der Waals surface area contributed by atoms with Crippen molar-refractivity contribution in [1.82, 2.24) is 9.97 Å². The van der Waals surface area contributed by atoms with Gasteiger partial charge in [0.05, 0.1) is 33.6 Å². The number of aromatic nitrogens is 2. The van der Waals surface area contributed by atoms with E-state index in [0.717, 1.165) is 46.4 Å². The minimum atomic E-state index is -0.203. The highest BCUT2D eigenvalue weighted by atomic mass is 16.5. The lowest BCUT2D eigenvalue weighted by Crippen LogP contribution is -2.18. The lowest BCUT2D eigenvalue weighted by molar-refractivity contribution is -0.0661. The van der Waals surface area contributed by atoms with E-state index < -0.39 is 0 Å². The number of ether oxygens (including phenoxy) is 1. The molecule has 0 saturated carbocycles. The van der Waals surface area contributed by atoms with Crippen LogP contribution in [0.25, 0.3) is 33.5 Å². The van der Waals surface area contributed by atoms with Crippen LogP contribution < -0.4 is 0 Å². The van der Waals surface area contributed by atoms with Crippen molar-refractivity contribution in [2.24, 2.45) is 0 Å². The molecule has 0 N–H and O–H groups in total. The Kier molecular flexibility index (Phi) is 3.34. The Morgan fingerprint density at radius 2 is 1.07 bits per heavy atom. The van der Waals surface area contributed by atoms with Crippen LogP contribution in [0.5, 0.6) is 0 Å². The first-order chi connectivity index (χ1) is 14.1. The van der Waals surface area contributed by atoms with Gasteiger partial charge in [-0.2, -0.15) is 0 Å². The summed E-state index contributed by atoms with van der Waals surface area (Å²) in [6.45, 7) is 4.42. The van der Waals surface area contributed by atoms with Crippen LogP contribution in [0.2, 0.25) is 0 Å². The fourth-order valence-electron chi connectivity index (χ4n) is 5.03. The van der Waals surface area contributed by atoms with E-state index >= 15 is 0 Å². The molecule has 3 nitrogen and oxygen atoms in total. The SMILES string of the molecule is C[C@]12CC[C@](C)(O1)c1cc3nc(-c4ccccc4)c(-c4ccccc4)nc3cc12. The third kappa shape index (κ3) is 2.41. The molecule has 1 saturated heterocycles. The van der Waals surface area contributed by atoms with Crippen molar-refractivity contribution in [3.8, 4) is 22.5 Å². The summed E-state index contributed by atoms with van der Waals surface area (Å²) in [4.78, 5) is 10.2. The third-order valence-corrected chi connectivity index (χ3v) is 6.57. The fraction of sp³-hybridized carbons (Fsp3) is 0.231. The Bertz CT molecular complexity index is 1150. The Hall–Kier alpha value is -3.04. The number of nitrogens with zero attached hydrogens (tertiary/aromatic N) is 2. The van der Waals surface area contributed by atoms with Gasteiger partial charge in [-0.05, 0) is 49.9 Å². The summed E-state index contributed by atoms with van der Waals surface area (Å²) in [5.41, 5.74) is 8.02. The largest absolute Gasteiger partial charge is 0.360 e. The number of benzene rings is 3. The second-order valence-electron chi connectivity index (χ2n) is 8.60. The van der Waals surface area contributed by atoms with Gasteiger partial charge in [0.2, 0.25) is 0 Å². The van der Waals surface area contributed by atoms with Crippen LogP contribution >= 0.6 is 0 Å². The van der Waals surface area contributed by atoms with Gasteiger partial charge in [-0.3, -0.25) is 0 Å². The topological polar surface area (TPSA) is 35.0 Å². The molecule has 2 atom stereocenters. The summed E-state index contributed by atoms with van der Waals surface area (Å²) >= 11 is 0. The van der Waals surface area contributed by atoms with Gasteiger partial charge in [-0.15, -0.1) is 0 Å². The summed E-state index contributed by atoms with van der Waals surface area (Å²) in [6.07, 6.45) is 2.12. The van der Waals surface area contributed by atoms with Gasteiger partial charge >= 0.3 is 0 Å². The van der Waals surface area contributed by atoms with E-state index in [1.807, 2.05) is 36.4 Å². The van der Waals surface area contributed by atoms with Gasteiger partial charge in [0.1, 0.15) is 0 Å². The Labute approximate surface area is 170 Å². The quantitative estimate of drug-likeness (QED) is 0.415. The molecule has 3 aromatic carbocycles. The lowest BCUT2D eigenvalue weighted by atomic mass is 9.78. The van der Waals surface area contributed by atoms with Crippen LogP contribution in [0.4, 0.5) is 0 Å². The second-order valence-corrected chi connectivity index (χ2v) is 8.60. The van der Waals surface area contributed by atoms with Crippen LogP contribution in [0, 0.1) is 0 Å². The minimum absolute atomic E-state index is 0.203. The molecule has 0 aliphatic carbocycles. The molecule has 29 heavy (non-hydrogen) atoms. The van der Waals surface area contributed by atoms with Crippen LogP contribution in [-0.2, 0) is 15.9 Å². The maximum atomic E-state index is 6.46. The normalized spacial score (nSPS) is 24.8. The van der Waals surface area contributed by atoms with E-state index in [1.54, 1.807) is 0 Å². The first-order valence-electron chi connectivity index (χ1n) is 10.2. The minimum Gasteiger partial charge on any atom is -0.360 e. The predicted molar refractivity (Wildman–Crippen MR) is 115 cm³/mol. The first kappa shape index (κ1) is 16.9. The van der Waals surface area contributed by atoms with E-state index in [4.69, 9.17) is 14.7 Å². The lowest BCUT2D eigenvalue weighted by Gasteiger charge is -2.23. The number of hydrogen-bond acceptors (Lipinski definition) is 3. The molecule has 1 aromatic heterocycles. The summed E-state index contributed by atoms with van der Waals surface area (Å²) in [6, 6.07) is 25.1. The predicted octanol–water partition coefficient (Wildman–Crippen LogP) is 6.22. The first-order valence-corrected chi connectivity index (χ1v) is 10.2. The van der Waals surface area contributed by atoms with Gasteiger partial charge in [0.15, 0.2) is 0 Å². The van der Waals surface area contributed by atoms with E-state index in [0.29, 0.717) is 0 Å². The third-order valence-electron chi connectivity index (χ3n) is 6.57. The van der Waals surface area contributed by atoms with E-state index in [9.17, 15) is 0 Å². The van der Waals surface area contributed by atoms with E-state index in [-0.39, 0.29) is 11.2 Å². The molecule has 3 heterocycles. The second kappa shape index (κ2) is 5.74. The molecule has 0 radical (unpaired) electrons. The van der Waals surface area contributed by atoms with Gasteiger partial charge < -0.3 is 4.74 Å². The summed E-state index contributed by atoms with van der Waals surface area (Å²) < 4.78 is 6.46. The van der Waals surface area contributed by atoms with Crippen LogP contribution in [0.3, 0.4) is 0 Å². The van der Waals surface area contributed by atoms with Crippen molar-refractivity contribution in [3.05, 3.63) is 83.9 Å². The fourth-order valence-corrected chi connectivity index (χ4v) is 5.03. The van der Waals surface area contributed by atoms with Crippen molar-refractivity contribution >= 4 is 11.0 Å². The maximum Gasteiger partial charge on any atom is 0.0973 e. The van der Waals surface area contributed by atoms with Gasteiger partial charge in [0, 0.05) is 11.1 Å². The molecular formula is C26H22N2O. The zero-order valence-corrected chi connectivity index (χ0v) is 16.6. The van der Waals surface area contributed by atoms with Crippen molar-refractivity contribution in [3.63, 3.8) is 0 Å². The van der Waals surface area contributed by atoms with Crippen LogP contribution in [0.1, 0.15) is 37.8 Å². The molecule has 0 amide bonds. The highest BCUT2D eigenvalue weighted by molar-refractivity contribution is 5.87. The van der Waals surface area contributed by atoms with Crippen molar-refractivity contribution in [1.29, 1.82) is 0 Å². The molecule has 1 fully saturated rings. The molecular weight excluding hydrogens is 356 g/mol. The van der Waals surface area contributed by atoms with Crippen molar-refractivity contribution in [2.45, 2.75) is 37.9 Å². The molecule has 2 bridgehead atoms. The molecule has 3 heteroatoms. The van der Waals surface area contributed by atoms with E-state index in [2.05, 4.69) is 50.2 Å².